The van der Waals surface area contributed by atoms with Gasteiger partial charge in [0, 0.05) is 18.4 Å². The number of benzene rings is 1. The molecule has 0 bridgehead atoms. The molecule has 0 radical (unpaired) electrons. The minimum absolute atomic E-state index is 0.238. The quantitative estimate of drug-likeness (QED) is 0.921. The van der Waals surface area contributed by atoms with Crippen molar-refractivity contribution in [1.29, 1.82) is 0 Å². The van der Waals surface area contributed by atoms with E-state index in [-0.39, 0.29) is 11.9 Å². The van der Waals surface area contributed by atoms with Crippen LogP contribution < -0.4 is 5.73 Å². The largest absolute Gasteiger partial charge is 0.339 e. The van der Waals surface area contributed by atoms with E-state index in [9.17, 15) is 4.39 Å². The van der Waals surface area contributed by atoms with Crippen molar-refractivity contribution >= 4 is 0 Å². The molecule has 4 nitrogen and oxygen atoms in total. The lowest BCUT2D eigenvalue weighted by atomic mass is 10.1. The second-order valence-corrected chi connectivity index (χ2v) is 5.12. The van der Waals surface area contributed by atoms with Gasteiger partial charge in [0.25, 0.3) is 0 Å². The van der Waals surface area contributed by atoms with Gasteiger partial charge >= 0.3 is 0 Å². The summed E-state index contributed by atoms with van der Waals surface area (Å²) in [6, 6.07) is 6.59. The Labute approximate surface area is 110 Å². The third kappa shape index (κ3) is 2.81. The Balaban J connectivity index is 1.69. The summed E-state index contributed by atoms with van der Waals surface area (Å²) in [5.74, 6) is 1.38. The van der Waals surface area contributed by atoms with Gasteiger partial charge in [-0.15, -0.1) is 0 Å². The zero-order valence-electron chi connectivity index (χ0n) is 10.6. The number of aromatic nitrogens is 2. The molecule has 1 aromatic heterocycles. The molecule has 19 heavy (non-hydrogen) atoms. The molecule has 1 saturated carbocycles. The summed E-state index contributed by atoms with van der Waals surface area (Å²) < 4.78 is 18.1. The van der Waals surface area contributed by atoms with E-state index in [1.165, 1.54) is 12.1 Å². The van der Waals surface area contributed by atoms with E-state index < -0.39 is 0 Å². The highest BCUT2D eigenvalue weighted by Crippen LogP contribution is 2.32. The average molecular weight is 261 g/mol. The SMILES string of the molecule is NC1CCC(c2nc(Cc3ccc(F)cc3)no2)C1. The van der Waals surface area contributed by atoms with Crippen molar-refractivity contribution in [3.05, 3.63) is 47.4 Å². The maximum absolute atomic E-state index is 12.8. The fourth-order valence-corrected chi connectivity index (χ4v) is 2.53. The van der Waals surface area contributed by atoms with Crippen LogP contribution in [-0.2, 0) is 6.42 Å². The number of rotatable bonds is 3. The fraction of sp³-hybridized carbons (Fsp3) is 0.429. The molecule has 0 amide bonds. The molecule has 2 N–H and O–H groups in total. The van der Waals surface area contributed by atoms with Gasteiger partial charge in [0.05, 0.1) is 0 Å². The van der Waals surface area contributed by atoms with Gasteiger partial charge in [-0.1, -0.05) is 17.3 Å². The van der Waals surface area contributed by atoms with Crippen LogP contribution in [0.4, 0.5) is 4.39 Å². The van der Waals surface area contributed by atoms with Gasteiger partial charge in [0.1, 0.15) is 5.82 Å². The Morgan fingerprint density at radius 1 is 1.26 bits per heavy atom. The number of halogens is 1. The Kier molecular flexibility index (Phi) is 3.29. The fourth-order valence-electron chi connectivity index (χ4n) is 2.53. The summed E-state index contributed by atoms with van der Waals surface area (Å²) in [6.45, 7) is 0. The molecular formula is C14H16FN3O. The van der Waals surface area contributed by atoms with Crippen molar-refractivity contribution in [2.45, 2.75) is 37.6 Å². The number of hydrogen-bond acceptors (Lipinski definition) is 4. The first-order valence-corrected chi connectivity index (χ1v) is 6.53. The zero-order chi connectivity index (χ0) is 13.2. The normalized spacial score (nSPS) is 22.8. The minimum atomic E-state index is -0.238. The second-order valence-electron chi connectivity index (χ2n) is 5.12. The van der Waals surface area contributed by atoms with Crippen LogP contribution in [0.2, 0.25) is 0 Å². The second kappa shape index (κ2) is 5.09. The summed E-state index contributed by atoms with van der Waals surface area (Å²) in [4.78, 5) is 4.42. The molecule has 3 rings (SSSR count). The zero-order valence-corrected chi connectivity index (χ0v) is 10.6. The predicted octanol–water partition coefficient (Wildman–Crippen LogP) is 2.39. The van der Waals surface area contributed by atoms with Crippen LogP contribution in [0.1, 0.15) is 42.5 Å². The first-order valence-electron chi connectivity index (χ1n) is 6.53. The molecule has 0 aliphatic heterocycles. The van der Waals surface area contributed by atoms with Crippen LogP contribution in [-0.4, -0.2) is 16.2 Å². The van der Waals surface area contributed by atoms with Gasteiger partial charge in [-0.3, -0.25) is 0 Å². The number of nitrogens with two attached hydrogens (primary N) is 1. The van der Waals surface area contributed by atoms with Crippen molar-refractivity contribution in [2.24, 2.45) is 5.73 Å². The van der Waals surface area contributed by atoms with E-state index in [2.05, 4.69) is 10.1 Å². The van der Waals surface area contributed by atoms with E-state index in [1.807, 2.05) is 0 Å². The molecule has 2 atom stereocenters. The minimum Gasteiger partial charge on any atom is -0.339 e. The Morgan fingerprint density at radius 2 is 2.05 bits per heavy atom. The van der Waals surface area contributed by atoms with Crippen molar-refractivity contribution in [2.75, 3.05) is 0 Å². The van der Waals surface area contributed by atoms with E-state index in [1.54, 1.807) is 12.1 Å². The van der Waals surface area contributed by atoms with Crippen LogP contribution in [0.5, 0.6) is 0 Å². The maximum atomic E-state index is 12.8. The van der Waals surface area contributed by atoms with Crippen molar-refractivity contribution in [3.8, 4) is 0 Å². The molecule has 100 valence electrons. The van der Waals surface area contributed by atoms with Crippen LogP contribution in [0.3, 0.4) is 0 Å². The molecule has 1 aliphatic carbocycles. The van der Waals surface area contributed by atoms with E-state index in [0.717, 1.165) is 24.8 Å². The Hall–Kier alpha value is -1.75. The van der Waals surface area contributed by atoms with Crippen molar-refractivity contribution in [3.63, 3.8) is 0 Å². The molecule has 1 aromatic carbocycles. The molecule has 1 aliphatic rings. The summed E-state index contributed by atoms with van der Waals surface area (Å²) in [5, 5.41) is 3.98. The maximum Gasteiger partial charge on any atom is 0.229 e. The molecule has 0 saturated heterocycles. The monoisotopic (exact) mass is 261 g/mol. The molecule has 1 fully saturated rings. The van der Waals surface area contributed by atoms with Crippen LogP contribution in [0, 0.1) is 5.82 Å². The lowest BCUT2D eigenvalue weighted by Gasteiger charge is -2.01. The molecule has 0 spiro atoms. The van der Waals surface area contributed by atoms with E-state index >= 15 is 0 Å². The van der Waals surface area contributed by atoms with Crippen LogP contribution in [0.15, 0.2) is 28.8 Å². The lowest BCUT2D eigenvalue weighted by Crippen LogP contribution is -2.14. The van der Waals surface area contributed by atoms with Gasteiger partial charge in [0.15, 0.2) is 5.82 Å². The van der Waals surface area contributed by atoms with Gasteiger partial charge in [-0.25, -0.2) is 4.39 Å². The van der Waals surface area contributed by atoms with Gasteiger partial charge < -0.3 is 10.3 Å². The highest BCUT2D eigenvalue weighted by molar-refractivity contribution is 5.19. The standard InChI is InChI=1S/C14H16FN3O/c15-11-4-1-9(2-5-11)7-13-17-14(19-18-13)10-3-6-12(16)8-10/h1-2,4-5,10,12H,3,6-8,16H2. The third-order valence-electron chi connectivity index (χ3n) is 3.58. The van der Waals surface area contributed by atoms with Crippen molar-refractivity contribution < 1.29 is 8.91 Å². The van der Waals surface area contributed by atoms with Crippen LogP contribution >= 0.6 is 0 Å². The van der Waals surface area contributed by atoms with E-state index in [4.69, 9.17) is 10.3 Å². The highest BCUT2D eigenvalue weighted by Gasteiger charge is 2.27. The Bertz CT molecular complexity index is 552. The topological polar surface area (TPSA) is 64.9 Å². The summed E-state index contributed by atoms with van der Waals surface area (Å²) >= 11 is 0. The molecule has 2 aromatic rings. The van der Waals surface area contributed by atoms with Gasteiger partial charge in [-0.2, -0.15) is 4.98 Å². The van der Waals surface area contributed by atoms with Gasteiger partial charge in [0.2, 0.25) is 5.89 Å². The van der Waals surface area contributed by atoms with Crippen molar-refractivity contribution in [1.82, 2.24) is 10.1 Å². The number of hydrogen-bond donors (Lipinski definition) is 1. The predicted molar refractivity (Wildman–Crippen MR) is 68.1 cm³/mol. The first kappa shape index (κ1) is 12.3. The molecule has 2 unspecified atom stereocenters. The summed E-state index contributed by atoms with van der Waals surface area (Å²) in [5.41, 5.74) is 6.85. The summed E-state index contributed by atoms with van der Waals surface area (Å²) in [6.07, 6.45) is 3.50. The smallest absolute Gasteiger partial charge is 0.229 e. The third-order valence-corrected chi connectivity index (χ3v) is 3.58. The summed E-state index contributed by atoms with van der Waals surface area (Å²) in [7, 11) is 0. The van der Waals surface area contributed by atoms with Gasteiger partial charge in [-0.05, 0) is 37.0 Å². The average Bonchev–Trinajstić information content (AvgIpc) is 3.01. The van der Waals surface area contributed by atoms with Crippen LogP contribution in [0.25, 0.3) is 0 Å². The Morgan fingerprint density at radius 3 is 2.74 bits per heavy atom. The first-order chi connectivity index (χ1) is 9.20. The molecule has 5 heteroatoms. The van der Waals surface area contributed by atoms with E-state index in [0.29, 0.717) is 24.1 Å². The highest BCUT2D eigenvalue weighted by atomic mass is 19.1. The molecule has 1 heterocycles. The lowest BCUT2D eigenvalue weighted by molar-refractivity contribution is 0.350. The molecular weight excluding hydrogens is 245 g/mol. The number of nitrogens with zero attached hydrogens (tertiary/aromatic N) is 2.